The molecule has 0 radical (unpaired) electrons. The van der Waals surface area contributed by atoms with Crippen molar-refractivity contribution in [2.45, 2.75) is 19.4 Å². The maximum atomic E-state index is 5.36. The molecule has 1 unspecified atom stereocenters. The summed E-state index contributed by atoms with van der Waals surface area (Å²) in [5, 5.41) is 3.46. The molecular formula is C7H15Cl2NO. The van der Waals surface area contributed by atoms with Gasteiger partial charge in [0.25, 0.3) is 0 Å². The summed E-state index contributed by atoms with van der Waals surface area (Å²) in [5.74, 6) is 0. The van der Waals surface area contributed by atoms with E-state index in [4.69, 9.17) is 27.9 Å². The minimum absolute atomic E-state index is 0.194. The molecule has 0 bridgehead atoms. The van der Waals surface area contributed by atoms with Crippen molar-refractivity contribution in [3.63, 3.8) is 0 Å². The van der Waals surface area contributed by atoms with Crippen molar-refractivity contribution in [3.8, 4) is 0 Å². The molecule has 1 fully saturated rings. The maximum absolute atomic E-state index is 5.36. The number of halogens is 2. The Hall–Kier alpha value is 0.500. The highest BCUT2D eigenvalue weighted by Crippen LogP contribution is 1.98. The number of nitrogens with one attached hydrogen (secondary N) is 1. The van der Waals surface area contributed by atoms with Crippen LogP contribution in [0.25, 0.3) is 0 Å². The van der Waals surface area contributed by atoms with E-state index in [9.17, 15) is 0 Å². The number of ether oxygens (including phenoxy) is 1. The summed E-state index contributed by atoms with van der Waals surface area (Å²) in [6, 6.07) is 0. The van der Waals surface area contributed by atoms with Gasteiger partial charge in [0.2, 0.25) is 0 Å². The van der Waals surface area contributed by atoms with E-state index in [-0.39, 0.29) is 5.34 Å². The molecule has 1 N–H and O–H groups in total. The Kier molecular flexibility index (Phi) is 8.99. The average molecular weight is 200 g/mol. The molecule has 4 heteroatoms. The Morgan fingerprint density at radius 3 is 2.45 bits per heavy atom. The lowest BCUT2D eigenvalue weighted by Crippen LogP contribution is -2.37. The lowest BCUT2D eigenvalue weighted by Gasteiger charge is -2.21. The van der Waals surface area contributed by atoms with E-state index in [1.165, 1.54) is 0 Å². The normalized spacial score (nSPS) is 23.7. The Balaban J connectivity index is 0.000000292. The van der Waals surface area contributed by atoms with Gasteiger partial charge in [-0.3, -0.25) is 0 Å². The molecule has 68 valence electrons. The average Bonchev–Trinajstić information content (AvgIpc) is 2.08. The summed E-state index contributed by atoms with van der Waals surface area (Å²) in [4.78, 5) is 0. The molecule has 0 amide bonds. The quantitative estimate of drug-likeness (QED) is 0.651. The Morgan fingerprint density at radius 1 is 1.55 bits per heavy atom. The second-order valence-corrected chi connectivity index (χ2v) is 3.01. The third kappa shape index (κ3) is 6.88. The molecule has 1 heterocycles. The highest BCUT2D eigenvalue weighted by Gasteiger charge is 2.08. The molecule has 0 aromatic heterocycles. The van der Waals surface area contributed by atoms with E-state index in [0.717, 1.165) is 26.1 Å². The van der Waals surface area contributed by atoms with Gasteiger partial charge in [0.15, 0.2) is 0 Å². The van der Waals surface area contributed by atoms with Gasteiger partial charge in [-0.15, -0.1) is 23.2 Å². The van der Waals surface area contributed by atoms with Gasteiger partial charge in [-0.05, 0) is 6.42 Å². The van der Waals surface area contributed by atoms with E-state index in [1.54, 1.807) is 0 Å². The number of morpholine rings is 1. The number of alkyl halides is 2. The monoisotopic (exact) mass is 199 g/mol. The van der Waals surface area contributed by atoms with Crippen LogP contribution in [0.15, 0.2) is 0 Å². The summed E-state index contributed by atoms with van der Waals surface area (Å²) in [7, 11) is 0. The van der Waals surface area contributed by atoms with Gasteiger partial charge in [0, 0.05) is 13.1 Å². The van der Waals surface area contributed by atoms with Crippen molar-refractivity contribution in [1.29, 1.82) is 0 Å². The first-order valence-electron chi connectivity index (χ1n) is 3.79. The van der Waals surface area contributed by atoms with Crippen molar-refractivity contribution >= 4 is 23.2 Å². The summed E-state index contributed by atoms with van der Waals surface area (Å²) in [6.45, 7) is 5.10. The molecule has 1 atom stereocenters. The van der Waals surface area contributed by atoms with E-state index < -0.39 is 0 Å². The van der Waals surface area contributed by atoms with Gasteiger partial charge in [0.1, 0.15) is 0 Å². The smallest absolute Gasteiger partial charge is 0.0967 e. The molecule has 2 nitrogen and oxygen atoms in total. The third-order valence-electron chi connectivity index (χ3n) is 1.46. The maximum Gasteiger partial charge on any atom is 0.0967 e. The predicted molar refractivity (Wildman–Crippen MR) is 49.5 cm³/mol. The standard InChI is InChI=1S/C6H13NO.CH2Cl2/c1-2-6-5-7-3-4-8-6;2-1-3/h6-7H,2-5H2,1H3;1H2. The largest absolute Gasteiger partial charge is 0.376 e. The summed E-state index contributed by atoms with van der Waals surface area (Å²) >= 11 is 9.53. The molecule has 1 aliphatic rings. The minimum Gasteiger partial charge on any atom is -0.376 e. The van der Waals surface area contributed by atoms with Gasteiger partial charge in [-0.25, -0.2) is 0 Å². The molecule has 0 aromatic rings. The van der Waals surface area contributed by atoms with E-state index >= 15 is 0 Å². The van der Waals surface area contributed by atoms with E-state index in [1.807, 2.05) is 0 Å². The fourth-order valence-electron chi connectivity index (χ4n) is 0.882. The zero-order valence-corrected chi connectivity index (χ0v) is 8.29. The van der Waals surface area contributed by atoms with Crippen LogP contribution < -0.4 is 5.32 Å². The lowest BCUT2D eigenvalue weighted by atomic mass is 10.2. The van der Waals surface area contributed by atoms with Crippen LogP contribution in [-0.2, 0) is 4.74 Å². The number of rotatable bonds is 1. The summed E-state index contributed by atoms with van der Waals surface area (Å²) < 4.78 is 5.36. The molecule has 0 aliphatic carbocycles. The number of hydrogen-bond acceptors (Lipinski definition) is 2. The Morgan fingerprint density at radius 2 is 2.18 bits per heavy atom. The molecule has 1 aliphatic heterocycles. The van der Waals surface area contributed by atoms with Crippen LogP contribution in [0.4, 0.5) is 0 Å². The summed E-state index contributed by atoms with van der Waals surface area (Å²) in [6.07, 6.45) is 1.61. The minimum atomic E-state index is 0.194. The van der Waals surface area contributed by atoms with Gasteiger partial charge in [-0.1, -0.05) is 6.92 Å². The van der Waals surface area contributed by atoms with Crippen LogP contribution in [0.1, 0.15) is 13.3 Å². The molecule has 1 saturated heterocycles. The van der Waals surface area contributed by atoms with Crippen LogP contribution >= 0.6 is 23.2 Å². The topological polar surface area (TPSA) is 21.3 Å². The zero-order valence-electron chi connectivity index (χ0n) is 6.78. The third-order valence-corrected chi connectivity index (χ3v) is 1.46. The highest BCUT2D eigenvalue weighted by atomic mass is 35.5. The van der Waals surface area contributed by atoms with Gasteiger partial charge < -0.3 is 10.1 Å². The predicted octanol–water partition coefficient (Wildman–Crippen LogP) is 1.81. The molecule has 11 heavy (non-hydrogen) atoms. The molecule has 1 rings (SSSR count). The van der Waals surface area contributed by atoms with E-state index in [0.29, 0.717) is 6.10 Å². The van der Waals surface area contributed by atoms with E-state index in [2.05, 4.69) is 12.2 Å². The first-order chi connectivity index (χ1) is 5.35. The van der Waals surface area contributed by atoms with Crippen molar-refractivity contribution in [3.05, 3.63) is 0 Å². The van der Waals surface area contributed by atoms with Crippen LogP contribution in [0.5, 0.6) is 0 Å². The van der Waals surface area contributed by atoms with Gasteiger partial charge in [0.05, 0.1) is 18.1 Å². The van der Waals surface area contributed by atoms with Crippen LogP contribution in [-0.4, -0.2) is 31.1 Å². The molecular weight excluding hydrogens is 185 g/mol. The van der Waals surface area contributed by atoms with Crippen LogP contribution in [0.2, 0.25) is 0 Å². The van der Waals surface area contributed by atoms with Crippen LogP contribution in [0, 0.1) is 0 Å². The van der Waals surface area contributed by atoms with Crippen molar-refractivity contribution < 1.29 is 4.74 Å². The Labute approximate surface area is 78.2 Å². The first-order valence-corrected chi connectivity index (χ1v) is 4.86. The Bertz CT molecular complexity index is 76.8. The second kappa shape index (κ2) is 8.60. The fourth-order valence-corrected chi connectivity index (χ4v) is 0.882. The highest BCUT2D eigenvalue weighted by molar-refractivity contribution is 6.40. The van der Waals surface area contributed by atoms with Gasteiger partial charge in [-0.2, -0.15) is 0 Å². The molecule has 0 aromatic carbocycles. The fraction of sp³-hybridized carbons (Fsp3) is 1.00. The van der Waals surface area contributed by atoms with Crippen molar-refractivity contribution in [2.24, 2.45) is 0 Å². The molecule has 0 spiro atoms. The first kappa shape index (κ1) is 11.5. The van der Waals surface area contributed by atoms with Crippen LogP contribution in [0.3, 0.4) is 0 Å². The SMILES string of the molecule is CCC1CNCCO1.ClCCl. The summed E-state index contributed by atoms with van der Waals surface area (Å²) in [5.41, 5.74) is 0. The lowest BCUT2D eigenvalue weighted by molar-refractivity contribution is 0.0267. The van der Waals surface area contributed by atoms with Gasteiger partial charge >= 0.3 is 0 Å². The number of hydrogen-bond donors (Lipinski definition) is 1. The molecule has 0 saturated carbocycles. The van der Waals surface area contributed by atoms with Crippen molar-refractivity contribution in [1.82, 2.24) is 5.32 Å². The second-order valence-electron chi connectivity index (χ2n) is 2.21. The zero-order chi connectivity index (χ0) is 8.53. The van der Waals surface area contributed by atoms with Crippen molar-refractivity contribution in [2.75, 3.05) is 25.0 Å².